The first-order valence-corrected chi connectivity index (χ1v) is 15.9. The summed E-state index contributed by atoms with van der Waals surface area (Å²) in [6.07, 6.45) is 3.45. The molecule has 2 aromatic heterocycles. The summed E-state index contributed by atoms with van der Waals surface area (Å²) < 4.78 is 20.9. The number of aliphatic hydroxyl groups is 1. The van der Waals surface area contributed by atoms with Crippen LogP contribution in [-0.2, 0) is 16.1 Å². The first-order chi connectivity index (χ1) is 21.9. The molecule has 46 heavy (non-hydrogen) atoms. The van der Waals surface area contributed by atoms with Gasteiger partial charge in [-0.1, -0.05) is 38.1 Å². The van der Waals surface area contributed by atoms with Gasteiger partial charge in [0, 0.05) is 71.7 Å². The van der Waals surface area contributed by atoms with Gasteiger partial charge in [0.15, 0.2) is 16.7 Å². The van der Waals surface area contributed by atoms with Gasteiger partial charge in [0.1, 0.15) is 11.9 Å². The molecular formula is C31H34ClFN8O4S. The molecule has 5 heterocycles. The minimum absolute atomic E-state index is 0.0640. The molecule has 2 saturated heterocycles. The minimum atomic E-state index is -0.858. The molecule has 0 bridgehead atoms. The number of amidine groups is 1. The van der Waals surface area contributed by atoms with E-state index in [4.69, 9.17) is 21.3 Å². The highest BCUT2D eigenvalue weighted by Crippen LogP contribution is 2.37. The number of halogens is 2. The van der Waals surface area contributed by atoms with Gasteiger partial charge in [-0.3, -0.25) is 19.5 Å². The molecule has 0 spiro atoms. The monoisotopic (exact) mass is 668 g/mol. The number of fused-ring (bicyclic) bond motifs is 1. The van der Waals surface area contributed by atoms with Crippen LogP contribution in [0.25, 0.3) is 0 Å². The van der Waals surface area contributed by atoms with E-state index in [9.17, 15) is 19.1 Å². The predicted octanol–water partition coefficient (Wildman–Crippen LogP) is 4.37. The van der Waals surface area contributed by atoms with Crippen LogP contribution >= 0.6 is 22.9 Å². The lowest BCUT2D eigenvalue weighted by molar-refractivity contribution is -0.136. The number of carbonyl (C=O) groups is 2. The maximum absolute atomic E-state index is 14.0. The number of allylic oxidation sites excluding steroid dienone is 1. The second kappa shape index (κ2) is 12.5. The Labute approximate surface area is 274 Å². The van der Waals surface area contributed by atoms with Gasteiger partial charge in [-0.2, -0.15) is 5.10 Å². The Kier molecular flexibility index (Phi) is 8.61. The van der Waals surface area contributed by atoms with E-state index in [2.05, 4.69) is 26.9 Å². The van der Waals surface area contributed by atoms with Crippen LogP contribution in [0.4, 0.5) is 15.0 Å². The van der Waals surface area contributed by atoms with Gasteiger partial charge in [-0.05, 0) is 12.1 Å². The van der Waals surface area contributed by atoms with Crippen molar-refractivity contribution in [2.75, 3.05) is 44.7 Å². The molecule has 3 aromatic rings. The molecule has 2 amide bonds. The second-order valence-electron chi connectivity index (χ2n) is 12.1. The van der Waals surface area contributed by atoms with Crippen molar-refractivity contribution in [3.8, 4) is 0 Å². The normalized spacial score (nSPS) is 20.5. The Hall–Kier alpha value is -4.27. The number of anilines is 1. The molecule has 0 aliphatic carbocycles. The van der Waals surface area contributed by atoms with Crippen molar-refractivity contribution in [3.05, 3.63) is 87.1 Å². The summed E-state index contributed by atoms with van der Waals surface area (Å²) in [5.74, 6) is -0.0145. The van der Waals surface area contributed by atoms with E-state index in [1.807, 2.05) is 24.1 Å². The largest absolute Gasteiger partial charge is 0.512 e. The third kappa shape index (κ3) is 6.11. The number of rotatable bonds is 9. The molecule has 2 fully saturated rings. The molecule has 242 valence electrons. The average Bonchev–Trinajstić information content (AvgIpc) is 3.77. The quantitative estimate of drug-likeness (QED) is 0.254. The first-order valence-electron chi connectivity index (χ1n) is 14.7. The zero-order valence-corrected chi connectivity index (χ0v) is 27.2. The van der Waals surface area contributed by atoms with Crippen molar-refractivity contribution in [2.45, 2.75) is 32.5 Å². The molecule has 3 aliphatic heterocycles. The molecule has 2 atom stereocenters. The number of methoxy groups -OCH3 is 1. The molecule has 1 aromatic carbocycles. The molecule has 2 N–H and O–H groups in total. The predicted molar refractivity (Wildman–Crippen MR) is 172 cm³/mol. The molecule has 12 nitrogen and oxygen atoms in total. The number of thiazole rings is 1. The number of benzene rings is 1. The molecule has 0 saturated carbocycles. The number of nitrogens with one attached hydrogen (secondary N) is 1. The lowest BCUT2D eigenvalue weighted by Gasteiger charge is -2.38. The zero-order chi connectivity index (χ0) is 32.7. The number of aromatic nitrogens is 3. The topological polar surface area (TPSA) is 128 Å². The van der Waals surface area contributed by atoms with Crippen LogP contribution in [0.2, 0.25) is 5.02 Å². The van der Waals surface area contributed by atoms with E-state index < -0.39 is 23.2 Å². The number of nitrogens with zero attached hydrogens (tertiary/aromatic N) is 7. The van der Waals surface area contributed by atoms with Gasteiger partial charge in [0.2, 0.25) is 0 Å². The number of hydrogen-bond donors (Lipinski definition) is 2. The third-order valence-corrected chi connectivity index (χ3v) is 9.59. The second-order valence-corrected chi connectivity index (χ2v) is 13.4. The van der Waals surface area contributed by atoms with Gasteiger partial charge >= 0.3 is 12.0 Å². The van der Waals surface area contributed by atoms with Crippen molar-refractivity contribution < 1.29 is 23.8 Å². The average molecular weight is 669 g/mol. The van der Waals surface area contributed by atoms with E-state index in [1.165, 1.54) is 36.6 Å². The number of amides is 2. The van der Waals surface area contributed by atoms with Gasteiger partial charge < -0.3 is 20.1 Å². The molecule has 6 rings (SSSR count). The SMILES string of the molecule is C=C(O)C(C)(C)Cn1ccc(N2C[C@@H]3CN(CC4=C(C(=O)OC)[C@H](c5ccc(F)cc5Cl)N=C(c5nccs5)N4)CCN3C2=O)n1. The van der Waals surface area contributed by atoms with Crippen molar-refractivity contribution >= 4 is 46.6 Å². The maximum Gasteiger partial charge on any atom is 0.338 e. The van der Waals surface area contributed by atoms with E-state index >= 15 is 0 Å². The van der Waals surface area contributed by atoms with Gasteiger partial charge in [0.05, 0.1) is 37.6 Å². The van der Waals surface area contributed by atoms with Gasteiger partial charge in [-0.15, -0.1) is 11.3 Å². The fraction of sp³-hybridized carbons (Fsp3) is 0.387. The number of ether oxygens (including phenoxy) is 1. The summed E-state index contributed by atoms with van der Waals surface area (Å²) >= 11 is 7.87. The van der Waals surface area contributed by atoms with Crippen LogP contribution in [0.5, 0.6) is 0 Å². The number of carbonyl (C=O) groups excluding carboxylic acids is 2. The highest BCUT2D eigenvalue weighted by Gasteiger charge is 2.43. The Morgan fingerprint density at radius 1 is 1.28 bits per heavy atom. The van der Waals surface area contributed by atoms with E-state index in [1.54, 1.807) is 28.0 Å². The smallest absolute Gasteiger partial charge is 0.338 e. The van der Waals surface area contributed by atoms with E-state index in [0.29, 0.717) is 67.2 Å². The van der Waals surface area contributed by atoms with Crippen LogP contribution in [0.15, 0.2) is 70.6 Å². The van der Waals surface area contributed by atoms with Crippen molar-refractivity contribution in [2.24, 2.45) is 10.4 Å². The molecule has 3 aliphatic rings. The molecule has 0 unspecified atom stereocenters. The number of esters is 1. The van der Waals surface area contributed by atoms with Crippen LogP contribution < -0.4 is 10.2 Å². The molecule has 0 radical (unpaired) electrons. The standard InChI is InChI=1S/C31H34ClFN8O4S/c1-18(42)31(2,3)17-39-9-7-24(37-39)41-15-20-14-38(10-11-40(20)30(41)44)16-23-25(29(43)45-4)26(21-6-5-19(33)13-22(21)32)36-27(35-23)28-34-8-12-46-28/h5-9,12-13,20,26,42H,1,10-11,14-17H2,2-4H3,(H,35,36)/t20-,26-/m0/s1. The van der Waals surface area contributed by atoms with Crippen LogP contribution in [0.1, 0.15) is 30.5 Å². The van der Waals surface area contributed by atoms with Gasteiger partial charge in [0.25, 0.3) is 0 Å². The number of hydrogen-bond acceptors (Lipinski definition) is 10. The zero-order valence-electron chi connectivity index (χ0n) is 25.6. The fourth-order valence-electron chi connectivity index (χ4n) is 5.88. The summed E-state index contributed by atoms with van der Waals surface area (Å²) in [6, 6.07) is 4.72. The highest BCUT2D eigenvalue weighted by molar-refractivity contribution is 7.11. The fourth-order valence-corrected chi connectivity index (χ4v) is 6.74. The number of aliphatic imine (C=N–C) groups is 1. The summed E-state index contributed by atoms with van der Waals surface area (Å²) in [5.41, 5.74) is 0.720. The maximum atomic E-state index is 14.0. The van der Waals surface area contributed by atoms with Crippen LogP contribution in [0.3, 0.4) is 0 Å². The van der Waals surface area contributed by atoms with Crippen molar-refractivity contribution in [1.82, 2.24) is 29.9 Å². The lowest BCUT2D eigenvalue weighted by Crippen LogP contribution is -2.53. The number of aliphatic hydroxyl groups excluding tert-OH is 1. The Balaban J connectivity index is 1.25. The Morgan fingerprint density at radius 3 is 2.78 bits per heavy atom. The van der Waals surface area contributed by atoms with Crippen molar-refractivity contribution in [3.63, 3.8) is 0 Å². The summed E-state index contributed by atoms with van der Waals surface area (Å²) in [7, 11) is 1.30. The van der Waals surface area contributed by atoms with Crippen molar-refractivity contribution in [1.29, 1.82) is 0 Å². The third-order valence-electron chi connectivity index (χ3n) is 8.48. The van der Waals surface area contributed by atoms with Gasteiger partial charge in [-0.25, -0.2) is 19.0 Å². The summed E-state index contributed by atoms with van der Waals surface area (Å²) in [4.78, 5) is 41.6. The summed E-state index contributed by atoms with van der Waals surface area (Å²) in [5, 5.41) is 20.4. The van der Waals surface area contributed by atoms with E-state index in [-0.39, 0.29) is 28.4 Å². The Bertz CT molecular complexity index is 1740. The molecule has 15 heteroatoms. The minimum Gasteiger partial charge on any atom is -0.512 e. The number of piperazine rings is 1. The number of urea groups is 1. The molecular weight excluding hydrogens is 635 g/mol. The first kappa shape index (κ1) is 31.7. The highest BCUT2D eigenvalue weighted by atomic mass is 35.5. The Morgan fingerprint density at radius 2 is 2.09 bits per heavy atom. The summed E-state index contributed by atoms with van der Waals surface area (Å²) in [6.45, 7) is 10.2. The van der Waals surface area contributed by atoms with Crippen LogP contribution in [-0.4, -0.2) is 93.4 Å². The van der Waals surface area contributed by atoms with Crippen LogP contribution in [0, 0.1) is 11.2 Å². The lowest BCUT2D eigenvalue weighted by atomic mass is 9.92. The van der Waals surface area contributed by atoms with E-state index in [0.717, 1.165) is 0 Å².